The molecule has 5 nitrogen and oxygen atoms in total. The molecule has 2 heterocycles. The lowest BCUT2D eigenvalue weighted by atomic mass is 10.0. The molecule has 0 bridgehead atoms. The van der Waals surface area contributed by atoms with Gasteiger partial charge >= 0.3 is 0 Å². The van der Waals surface area contributed by atoms with Crippen molar-refractivity contribution in [2.45, 2.75) is 44.8 Å². The van der Waals surface area contributed by atoms with Gasteiger partial charge in [-0.15, -0.1) is 0 Å². The molecule has 1 saturated heterocycles. The summed E-state index contributed by atoms with van der Waals surface area (Å²) in [4.78, 5) is 20.4. The first-order chi connectivity index (χ1) is 12.1. The number of aromatic nitrogens is 1. The van der Waals surface area contributed by atoms with Gasteiger partial charge in [-0.1, -0.05) is 12.1 Å². The second-order valence-electron chi connectivity index (χ2n) is 7.47. The molecule has 0 spiro atoms. The normalized spacial score (nSPS) is 25.0. The Morgan fingerprint density at radius 3 is 2.76 bits per heavy atom. The van der Waals surface area contributed by atoms with Gasteiger partial charge in [0, 0.05) is 49.3 Å². The summed E-state index contributed by atoms with van der Waals surface area (Å²) >= 11 is 0. The van der Waals surface area contributed by atoms with Crippen molar-refractivity contribution >= 4 is 16.8 Å². The summed E-state index contributed by atoms with van der Waals surface area (Å²) < 4.78 is 0. The van der Waals surface area contributed by atoms with Crippen LogP contribution >= 0.6 is 0 Å². The maximum Gasteiger partial charge on any atom is 0.227 e. The van der Waals surface area contributed by atoms with Crippen molar-refractivity contribution in [2.24, 2.45) is 0 Å². The zero-order chi connectivity index (χ0) is 17.4. The van der Waals surface area contributed by atoms with Crippen LogP contribution in [0.1, 0.15) is 30.4 Å². The van der Waals surface area contributed by atoms with Gasteiger partial charge in [-0.3, -0.25) is 9.69 Å². The fourth-order valence-electron chi connectivity index (χ4n) is 4.52. The Kier molecular flexibility index (Phi) is 4.52. The van der Waals surface area contributed by atoms with Gasteiger partial charge in [-0.05, 0) is 43.4 Å². The third kappa shape index (κ3) is 3.18. The lowest BCUT2D eigenvalue weighted by Gasteiger charge is -2.39. The lowest BCUT2D eigenvalue weighted by molar-refractivity contribution is -0.132. The molecule has 1 saturated carbocycles. The Hall–Kier alpha value is -1.85. The second-order valence-corrected chi connectivity index (χ2v) is 7.47. The van der Waals surface area contributed by atoms with E-state index in [2.05, 4.69) is 28.9 Å². The molecular formula is C20H27N3O2. The minimum Gasteiger partial charge on any atom is -0.391 e. The highest BCUT2D eigenvalue weighted by molar-refractivity contribution is 5.91. The van der Waals surface area contributed by atoms with Crippen molar-refractivity contribution in [1.29, 1.82) is 0 Å². The van der Waals surface area contributed by atoms with E-state index in [-0.39, 0.29) is 12.0 Å². The van der Waals surface area contributed by atoms with Crippen LogP contribution in [-0.4, -0.2) is 64.1 Å². The van der Waals surface area contributed by atoms with Crippen LogP contribution in [-0.2, 0) is 11.2 Å². The Balaban J connectivity index is 1.39. The van der Waals surface area contributed by atoms with E-state index in [1.807, 2.05) is 17.2 Å². The topological polar surface area (TPSA) is 59.6 Å². The molecule has 1 amide bonds. The van der Waals surface area contributed by atoms with Crippen LogP contribution in [0.3, 0.4) is 0 Å². The second kappa shape index (κ2) is 6.81. The highest BCUT2D eigenvalue weighted by atomic mass is 16.3. The number of rotatable bonds is 3. The predicted octanol–water partition coefficient (Wildman–Crippen LogP) is 2.08. The standard InChI is InChI=1S/C20H27N3O2/c1-14-4-2-5-16-20(14)15(13-21-16)12-19(25)23-10-8-22(9-11-23)17-6-3-7-18(17)24/h2,4-5,13,17-18,21,24H,3,6-12H2,1H3/t17-,18+/m1/s1. The molecule has 1 aliphatic heterocycles. The molecule has 1 aliphatic carbocycles. The zero-order valence-electron chi connectivity index (χ0n) is 14.9. The molecule has 4 rings (SSSR count). The van der Waals surface area contributed by atoms with Crippen molar-refractivity contribution < 1.29 is 9.90 Å². The van der Waals surface area contributed by atoms with E-state index in [4.69, 9.17) is 0 Å². The van der Waals surface area contributed by atoms with E-state index in [9.17, 15) is 9.90 Å². The molecule has 0 unspecified atom stereocenters. The van der Waals surface area contributed by atoms with Crippen LogP contribution in [0.5, 0.6) is 0 Å². The average Bonchev–Trinajstić information content (AvgIpc) is 3.22. The summed E-state index contributed by atoms with van der Waals surface area (Å²) in [5.41, 5.74) is 3.40. The molecule has 134 valence electrons. The molecule has 2 atom stereocenters. The van der Waals surface area contributed by atoms with Crippen molar-refractivity contribution in [3.05, 3.63) is 35.5 Å². The summed E-state index contributed by atoms with van der Waals surface area (Å²) in [5.74, 6) is 0.204. The quantitative estimate of drug-likeness (QED) is 0.899. The summed E-state index contributed by atoms with van der Waals surface area (Å²) in [5, 5.41) is 11.3. The Morgan fingerprint density at radius 2 is 2.04 bits per heavy atom. The van der Waals surface area contributed by atoms with Crippen molar-refractivity contribution in [3.63, 3.8) is 0 Å². The highest BCUT2D eigenvalue weighted by Gasteiger charge is 2.33. The molecule has 2 N–H and O–H groups in total. The number of nitrogens with zero attached hydrogens (tertiary/aromatic N) is 2. The van der Waals surface area contributed by atoms with Gasteiger partial charge in [0.25, 0.3) is 0 Å². The van der Waals surface area contributed by atoms with E-state index >= 15 is 0 Å². The van der Waals surface area contributed by atoms with Crippen LogP contribution in [0, 0.1) is 6.92 Å². The number of carbonyl (C=O) groups excluding carboxylic acids is 1. The van der Waals surface area contributed by atoms with Crippen LogP contribution in [0.4, 0.5) is 0 Å². The van der Waals surface area contributed by atoms with Crippen LogP contribution in [0.2, 0.25) is 0 Å². The summed E-state index contributed by atoms with van der Waals surface area (Å²) in [6, 6.07) is 6.49. The number of fused-ring (bicyclic) bond motifs is 1. The molecule has 1 aromatic carbocycles. The number of aryl methyl sites for hydroxylation is 1. The molecule has 2 aromatic rings. The van der Waals surface area contributed by atoms with E-state index in [1.54, 1.807) is 0 Å². The average molecular weight is 341 g/mol. The summed E-state index contributed by atoms with van der Waals surface area (Å²) in [7, 11) is 0. The van der Waals surface area contributed by atoms with Gasteiger partial charge in [0.2, 0.25) is 5.91 Å². The Morgan fingerprint density at radius 1 is 1.24 bits per heavy atom. The van der Waals surface area contributed by atoms with Crippen LogP contribution in [0.25, 0.3) is 10.9 Å². The number of benzene rings is 1. The monoisotopic (exact) mass is 341 g/mol. The van der Waals surface area contributed by atoms with E-state index < -0.39 is 0 Å². The number of hydrogen-bond donors (Lipinski definition) is 2. The lowest BCUT2D eigenvalue weighted by Crippen LogP contribution is -2.53. The maximum absolute atomic E-state index is 12.8. The number of aliphatic hydroxyl groups is 1. The van der Waals surface area contributed by atoms with Crippen molar-refractivity contribution in [2.75, 3.05) is 26.2 Å². The van der Waals surface area contributed by atoms with Gasteiger partial charge in [0.05, 0.1) is 12.5 Å². The van der Waals surface area contributed by atoms with Crippen LogP contribution < -0.4 is 0 Å². The van der Waals surface area contributed by atoms with E-state index in [0.717, 1.165) is 56.5 Å². The molecule has 1 aromatic heterocycles. The zero-order valence-corrected chi connectivity index (χ0v) is 14.9. The third-order valence-electron chi connectivity index (χ3n) is 5.92. The SMILES string of the molecule is Cc1cccc2[nH]cc(CC(=O)N3CCN([C@@H]4CCC[C@@H]4O)CC3)c12. The molecule has 5 heteroatoms. The minimum atomic E-state index is -0.184. The smallest absolute Gasteiger partial charge is 0.227 e. The molecule has 0 radical (unpaired) electrons. The van der Waals surface area contributed by atoms with E-state index in [1.165, 1.54) is 10.9 Å². The van der Waals surface area contributed by atoms with E-state index in [0.29, 0.717) is 12.5 Å². The summed E-state index contributed by atoms with van der Waals surface area (Å²) in [6.45, 7) is 5.38. The Labute approximate surface area is 148 Å². The third-order valence-corrected chi connectivity index (χ3v) is 5.92. The molecule has 2 aliphatic rings. The number of piperazine rings is 1. The van der Waals surface area contributed by atoms with Gasteiger partial charge in [-0.25, -0.2) is 0 Å². The van der Waals surface area contributed by atoms with Crippen molar-refractivity contribution in [3.8, 4) is 0 Å². The van der Waals surface area contributed by atoms with Gasteiger partial charge in [0.15, 0.2) is 0 Å². The number of H-pyrrole nitrogens is 1. The number of amides is 1. The fourth-order valence-corrected chi connectivity index (χ4v) is 4.52. The number of hydrogen-bond acceptors (Lipinski definition) is 3. The first-order valence-corrected chi connectivity index (χ1v) is 9.39. The van der Waals surface area contributed by atoms with Gasteiger partial charge in [-0.2, -0.15) is 0 Å². The van der Waals surface area contributed by atoms with Crippen molar-refractivity contribution in [1.82, 2.24) is 14.8 Å². The molecule has 2 fully saturated rings. The first-order valence-electron chi connectivity index (χ1n) is 9.39. The maximum atomic E-state index is 12.8. The first kappa shape index (κ1) is 16.6. The van der Waals surface area contributed by atoms with Gasteiger partial charge in [0.1, 0.15) is 0 Å². The fraction of sp³-hybridized carbons (Fsp3) is 0.550. The predicted molar refractivity (Wildman–Crippen MR) is 98.5 cm³/mol. The number of aliphatic hydroxyl groups excluding tert-OH is 1. The number of carbonyl (C=O) groups is 1. The molecular weight excluding hydrogens is 314 g/mol. The number of aromatic amines is 1. The Bertz CT molecular complexity index is 761. The minimum absolute atomic E-state index is 0.184. The van der Waals surface area contributed by atoms with Gasteiger partial charge < -0.3 is 15.0 Å². The van der Waals surface area contributed by atoms with Crippen LogP contribution in [0.15, 0.2) is 24.4 Å². The summed E-state index contributed by atoms with van der Waals surface area (Å²) in [6.07, 6.45) is 5.37. The highest BCUT2D eigenvalue weighted by Crippen LogP contribution is 2.26. The molecule has 25 heavy (non-hydrogen) atoms. The largest absolute Gasteiger partial charge is 0.391 e. The number of nitrogens with one attached hydrogen (secondary N) is 1.